The Morgan fingerprint density at radius 1 is 1.29 bits per heavy atom. The number of carbonyl (C=O) groups excluding carboxylic acids is 1. The number of aromatic nitrogens is 1. The van der Waals surface area contributed by atoms with E-state index in [1.165, 1.54) is 18.4 Å². The Kier molecular flexibility index (Phi) is 3.53. The number of thiazole rings is 1. The van der Waals surface area contributed by atoms with E-state index in [4.69, 9.17) is 16.3 Å². The first-order valence-electron chi connectivity index (χ1n) is 6.06. The molecule has 0 aliphatic heterocycles. The molecule has 0 aliphatic carbocycles. The Morgan fingerprint density at radius 3 is 2.81 bits per heavy atom. The molecule has 0 saturated heterocycles. The number of phenols is 1. The van der Waals surface area contributed by atoms with Crippen LogP contribution in [-0.2, 0) is 0 Å². The van der Waals surface area contributed by atoms with E-state index in [1.807, 2.05) is 0 Å². The van der Waals surface area contributed by atoms with Crippen molar-refractivity contribution in [2.45, 2.75) is 0 Å². The van der Waals surface area contributed by atoms with Crippen LogP contribution in [0.1, 0.15) is 15.4 Å². The van der Waals surface area contributed by atoms with Crippen LogP contribution in [0.4, 0.5) is 0 Å². The maximum Gasteiger partial charge on any atom is 0.221 e. The molecule has 3 aromatic rings. The van der Waals surface area contributed by atoms with Crippen molar-refractivity contribution in [1.29, 1.82) is 0 Å². The first kappa shape index (κ1) is 13.9. The standard InChI is InChI=1S/C15H10ClNO3S/c1-20-12-5-2-8(6-10(12)16)14(19)15-17-11-4-3-9(18)7-13(11)21-15/h2-7,18H,1H3. The van der Waals surface area contributed by atoms with Crippen LogP contribution >= 0.6 is 22.9 Å². The highest BCUT2D eigenvalue weighted by molar-refractivity contribution is 7.20. The molecule has 0 aliphatic rings. The van der Waals surface area contributed by atoms with E-state index in [-0.39, 0.29) is 11.5 Å². The van der Waals surface area contributed by atoms with Gasteiger partial charge in [-0.15, -0.1) is 11.3 Å². The van der Waals surface area contributed by atoms with Gasteiger partial charge in [0.1, 0.15) is 11.5 Å². The Balaban J connectivity index is 2.01. The van der Waals surface area contributed by atoms with E-state index in [2.05, 4.69) is 4.98 Å². The monoisotopic (exact) mass is 319 g/mol. The van der Waals surface area contributed by atoms with E-state index < -0.39 is 0 Å². The van der Waals surface area contributed by atoms with Gasteiger partial charge in [-0.2, -0.15) is 0 Å². The second-order valence-corrected chi connectivity index (χ2v) is 5.79. The number of nitrogens with zero attached hydrogens (tertiary/aromatic N) is 1. The van der Waals surface area contributed by atoms with Crippen LogP contribution in [0.5, 0.6) is 11.5 Å². The molecule has 1 aromatic heterocycles. The lowest BCUT2D eigenvalue weighted by atomic mass is 10.1. The molecular weight excluding hydrogens is 310 g/mol. The molecular formula is C15H10ClNO3S. The van der Waals surface area contributed by atoms with Gasteiger partial charge in [0.05, 0.1) is 22.3 Å². The number of hydrogen-bond acceptors (Lipinski definition) is 5. The van der Waals surface area contributed by atoms with Crippen LogP contribution in [0, 0.1) is 0 Å². The molecule has 0 bridgehead atoms. The van der Waals surface area contributed by atoms with E-state index in [1.54, 1.807) is 36.4 Å². The molecule has 1 heterocycles. The molecule has 0 unspecified atom stereocenters. The zero-order valence-electron chi connectivity index (χ0n) is 11.0. The van der Waals surface area contributed by atoms with Gasteiger partial charge < -0.3 is 9.84 Å². The van der Waals surface area contributed by atoms with Gasteiger partial charge in [-0.25, -0.2) is 4.98 Å². The molecule has 106 valence electrons. The predicted molar refractivity (Wildman–Crippen MR) is 82.7 cm³/mol. The van der Waals surface area contributed by atoms with Gasteiger partial charge in [0, 0.05) is 5.56 Å². The van der Waals surface area contributed by atoms with Crippen molar-refractivity contribution in [2.24, 2.45) is 0 Å². The third kappa shape index (κ3) is 2.57. The molecule has 2 aromatic carbocycles. The van der Waals surface area contributed by atoms with Crippen molar-refractivity contribution in [3.05, 3.63) is 52.0 Å². The average molecular weight is 320 g/mol. The summed E-state index contributed by atoms with van der Waals surface area (Å²) in [4.78, 5) is 16.7. The van der Waals surface area contributed by atoms with E-state index >= 15 is 0 Å². The summed E-state index contributed by atoms with van der Waals surface area (Å²) in [7, 11) is 1.52. The smallest absolute Gasteiger partial charge is 0.221 e. The largest absolute Gasteiger partial charge is 0.508 e. The summed E-state index contributed by atoms with van der Waals surface area (Å²) in [6.07, 6.45) is 0. The molecule has 4 nitrogen and oxygen atoms in total. The number of rotatable bonds is 3. The van der Waals surface area contributed by atoms with Crippen LogP contribution in [0.25, 0.3) is 10.2 Å². The summed E-state index contributed by atoms with van der Waals surface area (Å²) in [6.45, 7) is 0. The number of ketones is 1. The summed E-state index contributed by atoms with van der Waals surface area (Å²) >= 11 is 7.27. The van der Waals surface area contributed by atoms with Crippen LogP contribution in [0.2, 0.25) is 5.02 Å². The molecule has 0 atom stereocenters. The number of carbonyl (C=O) groups is 1. The van der Waals surface area contributed by atoms with Crippen molar-refractivity contribution in [3.8, 4) is 11.5 Å². The second-order valence-electron chi connectivity index (χ2n) is 4.35. The van der Waals surface area contributed by atoms with Crippen molar-refractivity contribution in [3.63, 3.8) is 0 Å². The maximum atomic E-state index is 12.4. The van der Waals surface area contributed by atoms with Crippen LogP contribution < -0.4 is 4.74 Å². The zero-order chi connectivity index (χ0) is 15.0. The Hall–Kier alpha value is -2.11. The van der Waals surface area contributed by atoms with Crippen LogP contribution in [0.3, 0.4) is 0 Å². The number of fused-ring (bicyclic) bond motifs is 1. The average Bonchev–Trinajstić information content (AvgIpc) is 2.89. The van der Waals surface area contributed by atoms with Gasteiger partial charge in [-0.3, -0.25) is 4.79 Å². The molecule has 6 heteroatoms. The van der Waals surface area contributed by atoms with Crippen LogP contribution in [-0.4, -0.2) is 23.0 Å². The number of aromatic hydroxyl groups is 1. The molecule has 0 amide bonds. The SMILES string of the molecule is COc1ccc(C(=O)c2nc3ccc(O)cc3s2)cc1Cl. The van der Waals surface area contributed by atoms with Gasteiger partial charge in [0.15, 0.2) is 5.01 Å². The lowest BCUT2D eigenvalue weighted by Crippen LogP contribution is -2.00. The highest BCUT2D eigenvalue weighted by atomic mass is 35.5. The summed E-state index contributed by atoms with van der Waals surface area (Å²) in [5.74, 6) is 0.459. The Morgan fingerprint density at radius 2 is 2.10 bits per heavy atom. The van der Waals surface area contributed by atoms with Crippen molar-refractivity contribution in [2.75, 3.05) is 7.11 Å². The molecule has 1 N–H and O–H groups in total. The molecule has 0 saturated carbocycles. The van der Waals surface area contributed by atoms with Crippen molar-refractivity contribution in [1.82, 2.24) is 4.98 Å². The quantitative estimate of drug-likeness (QED) is 0.744. The summed E-state index contributed by atoms with van der Waals surface area (Å²) < 4.78 is 5.82. The lowest BCUT2D eigenvalue weighted by Gasteiger charge is -2.04. The van der Waals surface area contributed by atoms with Gasteiger partial charge >= 0.3 is 0 Å². The molecule has 0 spiro atoms. The molecule has 0 fully saturated rings. The lowest BCUT2D eigenvalue weighted by molar-refractivity contribution is 0.103. The van der Waals surface area contributed by atoms with Crippen molar-refractivity contribution >= 4 is 38.9 Å². The summed E-state index contributed by atoms with van der Waals surface area (Å²) in [6, 6.07) is 9.67. The number of hydrogen-bond donors (Lipinski definition) is 1. The molecule has 0 radical (unpaired) electrons. The number of ether oxygens (including phenoxy) is 1. The summed E-state index contributed by atoms with van der Waals surface area (Å²) in [5.41, 5.74) is 1.13. The first-order valence-corrected chi connectivity index (χ1v) is 7.26. The Labute approximate surface area is 129 Å². The minimum atomic E-state index is -0.208. The fourth-order valence-electron chi connectivity index (χ4n) is 1.94. The van der Waals surface area contributed by atoms with Gasteiger partial charge in [0.25, 0.3) is 0 Å². The Bertz CT molecular complexity index is 844. The fraction of sp³-hybridized carbons (Fsp3) is 0.0667. The number of methoxy groups -OCH3 is 1. The predicted octanol–water partition coefficient (Wildman–Crippen LogP) is 3.89. The van der Waals surface area contributed by atoms with Gasteiger partial charge in [-0.1, -0.05) is 11.6 Å². The maximum absolute atomic E-state index is 12.4. The second kappa shape index (κ2) is 5.35. The van der Waals surface area contributed by atoms with E-state index in [0.717, 1.165) is 4.70 Å². The topological polar surface area (TPSA) is 59.4 Å². The molecule has 3 rings (SSSR count). The number of halogens is 1. The van der Waals surface area contributed by atoms with Gasteiger partial charge in [0.2, 0.25) is 5.78 Å². The fourth-order valence-corrected chi connectivity index (χ4v) is 3.16. The highest BCUT2D eigenvalue weighted by Crippen LogP contribution is 2.29. The highest BCUT2D eigenvalue weighted by Gasteiger charge is 2.16. The normalized spacial score (nSPS) is 10.8. The first-order chi connectivity index (χ1) is 10.1. The van der Waals surface area contributed by atoms with Crippen molar-refractivity contribution < 1.29 is 14.6 Å². The van der Waals surface area contributed by atoms with Crippen LogP contribution in [0.15, 0.2) is 36.4 Å². The minimum Gasteiger partial charge on any atom is -0.508 e. The number of phenolic OH excluding ortho intramolecular Hbond substituents is 1. The third-order valence-corrected chi connectivity index (χ3v) is 4.29. The summed E-state index contributed by atoms with van der Waals surface area (Å²) in [5, 5.41) is 10.2. The van der Waals surface area contributed by atoms with E-state index in [9.17, 15) is 9.90 Å². The zero-order valence-corrected chi connectivity index (χ0v) is 12.5. The molecule has 21 heavy (non-hydrogen) atoms. The van der Waals surface area contributed by atoms with Gasteiger partial charge in [-0.05, 0) is 36.4 Å². The number of benzene rings is 2. The van der Waals surface area contributed by atoms with E-state index in [0.29, 0.717) is 26.9 Å². The minimum absolute atomic E-state index is 0.151. The third-order valence-electron chi connectivity index (χ3n) is 2.98.